The summed E-state index contributed by atoms with van der Waals surface area (Å²) in [7, 11) is 0. The third-order valence-electron chi connectivity index (χ3n) is 2.81. The first-order valence-electron chi connectivity index (χ1n) is 5.40. The fourth-order valence-electron chi connectivity index (χ4n) is 1.91. The zero-order valence-corrected chi connectivity index (χ0v) is 10.3. The lowest BCUT2D eigenvalue weighted by Crippen LogP contribution is -2.10. The highest BCUT2D eigenvalue weighted by Gasteiger charge is 2.08. The number of aryl methyl sites for hydroxylation is 1. The molecule has 0 unspecified atom stereocenters. The quantitative estimate of drug-likeness (QED) is 0.761. The normalized spacial score (nSPS) is 11.4. The Hall–Kier alpha value is -1.66. The molecule has 0 aliphatic heterocycles. The number of aromatic nitrogens is 4. The van der Waals surface area contributed by atoms with Crippen molar-refractivity contribution in [3.63, 3.8) is 0 Å². The van der Waals surface area contributed by atoms with Crippen LogP contribution in [-0.2, 0) is 13.1 Å². The molecule has 3 heterocycles. The minimum absolute atomic E-state index is 0.503. The van der Waals surface area contributed by atoms with Crippen LogP contribution in [0.4, 0.5) is 0 Å². The number of thiazole rings is 1. The Morgan fingerprint density at radius 3 is 3.12 bits per heavy atom. The van der Waals surface area contributed by atoms with E-state index in [4.69, 9.17) is 5.73 Å². The number of rotatable bonds is 3. The Morgan fingerprint density at radius 1 is 1.47 bits per heavy atom. The maximum atomic E-state index is 5.69. The molecule has 0 amide bonds. The van der Waals surface area contributed by atoms with Crippen molar-refractivity contribution in [2.24, 2.45) is 5.73 Å². The largest absolute Gasteiger partial charge is 0.325 e. The maximum Gasteiger partial charge on any atom is 0.193 e. The summed E-state index contributed by atoms with van der Waals surface area (Å²) in [6.07, 6.45) is 5.89. The highest BCUT2D eigenvalue weighted by atomic mass is 32.1. The minimum atomic E-state index is 0.503. The van der Waals surface area contributed by atoms with Crippen LogP contribution in [0.15, 0.2) is 24.0 Å². The highest BCUT2D eigenvalue weighted by molar-refractivity contribution is 7.15. The summed E-state index contributed by atoms with van der Waals surface area (Å²) in [6.45, 7) is 3.22. The summed E-state index contributed by atoms with van der Waals surface area (Å²) < 4.78 is 4.14. The molecule has 0 fully saturated rings. The van der Waals surface area contributed by atoms with Crippen LogP contribution < -0.4 is 5.73 Å². The molecule has 0 bridgehead atoms. The molecular weight excluding hydrogens is 234 g/mol. The Kier molecular flexibility index (Phi) is 2.45. The van der Waals surface area contributed by atoms with Crippen LogP contribution in [0.25, 0.3) is 4.96 Å². The molecule has 0 spiro atoms. The molecule has 0 aliphatic rings. The predicted octanol–water partition coefficient (Wildman–Crippen LogP) is 1.41. The van der Waals surface area contributed by atoms with Crippen molar-refractivity contribution in [3.8, 4) is 0 Å². The zero-order valence-electron chi connectivity index (χ0n) is 9.50. The van der Waals surface area contributed by atoms with Crippen molar-refractivity contribution in [3.05, 3.63) is 41.2 Å². The predicted molar refractivity (Wildman–Crippen MR) is 67.0 cm³/mol. The average molecular weight is 247 g/mol. The van der Waals surface area contributed by atoms with Crippen molar-refractivity contribution >= 4 is 16.3 Å². The van der Waals surface area contributed by atoms with Gasteiger partial charge in [0.15, 0.2) is 4.96 Å². The van der Waals surface area contributed by atoms with E-state index < -0.39 is 0 Å². The van der Waals surface area contributed by atoms with Gasteiger partial charge in [0.2, 0.25) is 0 Å². The Labute approximate surface area is 103 Å². The van der Waals surface area contributed by atoms with Crippen molar-refractivity contribution < 1.29 is 0 Å². The molecular formula is C11H13N5S. The molecule has 0 aliphatic carbocycles. The van der Waals surface area contributed by atoms with E-state index in [0.29, 0.717) is 6.54 Å². The summed E-state index contributed by atoms with van der Waals surface area (Å²) in [5, 5.41) is 2.03. The van der Waals surface area contributed by atoms with E-state index in [0.717, 1.165) is 28.7 Å². The Morgan fingerprint density at radius 2 is 2.35 bits per heavy atom. The molecule has 0 saturated carbocycles. The number of fused-ring (bicyclic) bond motifs is 1. The van der Waals surface area contributed by atoms with Gasteiger partial charge in [-0.1, -0.05) is 0 Å². The van der Waals surface area contributed by atoms with Gasteiger partial charge < -0.3 is 10.3 Å². The Balaban J connectivity index is 1.96. The molecule has 0 aromatic carbocycles. The smallest absolute Gasteiger partial charge is 0.193 e. The fraction of sp³-hybridized carbons (Fsp3) is 0.273. The molecule has 3 rings (SSSR count). The van der Waals surface area contributed by atoms with E-state index in [2.05, 4.69) is 14.5 Å². The maximum absolute atomic E-state index is 5.69. The molecule has 0 saturated heterocycles. The van der Waals surface area contributed by atoms with Crippen LogP contribution in [0.3, 0.4) is 0 Å². The highest BCUT2D eigenvalue weighted by Crippen LogP contribution is 2.14. The van der Waals surface area contributed by atoms with Gasteiger partial charge in [-0.3, -0.25) is 4.40 Å². The van der Waals surface area contributed by atoms with Crippen LogP contribution in [0.2, 0.25) is 0 Å². The van der Waals surface area contributed by atoms with E-state index >= 15 is 0 Å². The van der Waals surface area contributed by atoms with Crippen molar-refractivity contribution in [2.45, 2.75) is 20.0 Å². The second-order valence-corrected chi connectivity index (χ2v) is 4.79. The van der Waals surface area contributed by atoms with Gasteiger partial charge in [-0.15, -0.1) is 11.3 Å². The third kappa shape index (κ3) is 1.75. The first-order chi connectivity index (χ1) is 8.28. The lowest BCUT2D eigenvalue weighted by Gasteiger charge is -2.06. The minimum Gasteiger partial charge on any atom is -0.325 e. The van der Waals surface area contributed by atoms with Crippen LogP contribution in [-0.4, -0.2) is 18.9 Å². The summed E-state index contributed by atoms with van der Waals surface area (Å²) in [4.78, 5) is 9.85. The molecule has 17 heavy (non-hydrogen) atoms. The molecule has 6 heteroatoms. The molecule has 2 N–H and O–H groups in total. The number of nitrogens with two attached hydrogens (primary N) is 1. The molecule has 0 radical (unpaired) electrons. The van der Waals surface area contributed by atoms with Gasteiger partial charge in [-0.2, -0.15) is 0 Å². The lowest BCUT2D eigenvalue weighted by atomic mass is 10.4. The summed E-state index contributed by atoms with van der Waals surface area (Å²) >= 11 is 1.64. The van der Waals surface area contributed by atoms with Crippen molar-refractivity contribution in [1.29, 1.82) is 0 Å². The van der Waals surface area contributed by atoms with E-state index in [9.17, 15) is 0 Å². The van der Waals surface area contributed by atoms with Gasteiger partial charge in [0.05, 0.1) is 17.9 Å². The first kappa shape index (κ1) is 10.5. The molecule has 3 aromatic heterocycles. The van der Waals surface area contributed by atoms with E-state index in [1.165, 1.54) is 0 Å². The van der Waals surface area contributed by atoms with Crippen LogP contribution in [0.1, 0.15) is 17.2 Å². The van der Waals surface area contributed by atoms with Crippen LogP contribution in [0.5, 0.6) is 0 Å². The summed E-state index contributed by atoms with van der Waals surface area (Å²) in [6, 6.07) is 0. The second-order valence-electron chi connectivity index (χ2n) is 3.91. The van der Waals surface area contributed by atoms with Gasteiger partial charge in [0.25, 0.3) is 0 Å². The van der Waals surface area contributed by atoms with Gasteiger partial charge in [0.1, 0.15) is 5.82 Å². The van der Waals surface area contributed by atoms with Crippen LogP contribution >= 0.6 is 11.3 Å². The van der Waals surface area contributed by atoms with E-state index in [1.807, 2.05) is 35.3 Å². The zero-order chi connectivity index (χ0) is 11.8. The van der Waals surface area contributed by atoms with Gasteiger partial charge >= 0.3 is 0 Å². The van der Waals surface area contributed by atoms with Gasteiger partial charge in [-0.05, 0) is 6.92 Å². The number of hydrogen-bond donors (Lipinski definition) is 1. The molecule has 3 aromatic rings. The average Bonchev–Trinajstić information content (AvgIpc) is 2.95. The third-order valence-corrected chi connectivity index (χ3v) is 3.58. The number of nitrogens with zero attached hydrogens (tertiary/aromatic N) is 4. The number of imidazole rings is 2. The SMILES string of the molecule is Cc1ncc(CN)n1Cc1cn2ccsc2n1. The van der Waals surface area contributed by atoms with Crippen molar-refractivity contribution in [1.82, 2.24) is 18.9 Å². The van der Waals surface area contributed by atoms with Crippen molar-refractivity contribution in [2.75, 3.05) is 0 Å². The van der Waals surface area contributed by atoms with E-state index in [-0.39, 0.29) is 0 Å². The molecule has 88 valence electrons. The summed E-state index contributed by atoms with van der Waals surface area (Å²) in [5.41, 5.74) is 7.76. The van der Waals surface area contributed by atoms with Crippen LogP contribution in [0, 0.1) is 6.92 Å². The monoisotopic (exact) mass is 247 g/mol. The standard InChI is InChI=1S/C11H13N5S/c1-8-13-5-10(4-12)16(8)7-9-6-15-2-3-17-11(15)14-9/h2-3,5-6H,4,7,12H2,1H3. The number of hydrogen-bond acceptors (Lipinski definition) is 4. The fourth-order valence-corrected chi connectivity index (χ4v) is 2.63. The molecule has 0 atom stereocenters. The lowest BCUT2D eigenvalue weighted by molar-refractivity contribution is 0.702. The van der Waals surface area contributed by atoms with Gasteiger partial charge in [-0.25, -0.2) is 9.97 Å². The van der Waals surface area contributed by atoms with E-state index in [1.54, 1.807) is 11.3 Å². The van der Waals surface area contributed by atoms with Gasteiger partial charge in [0, 0.05) is 30.5 Å². The topological polar surface area (TPSA) is 61.1 Å². The molecule has 5 nitrogen and oxygen atoms in total. The first-order valence-corrected chi connectivity index (χ1v) is 6.28. The second kappa shape index (κ2) is 3.97. The Bertz CT molecular complexity index is 619. The summed E-state index contributed by atoms with van der Waals surface area (Å²) in [5.74, 6) is 0.974.